The standard InChI is InChI=1S/C13H29N3O2S/c1-5-16-9-6-7-12(8-10-16)14-11-13(2,3)15-19(4,17)18/h12,14-15H,5-11H2,1-4H3. The summed E-state index contributed by atoms with van der Waals surface area (Å²) < 4.78 is 25.2. The number of rotatable bonds is 6. The van der Waals surface area contributed by atoms with Crippen LogP contribution >= 0.6 is 0 Å². The van der Waals surface area contributed by atoms with Crippen LogP contribution in [0.1, 0.15) is 40.0 Å². The fourth-order valence-electron chi connectivity index (χ4n) is 2.61. The van der Waals surface area contributed by atoms with Gasteiger partial charge in [0.05, 0.1) is 6.26 Å². The predicted molar refractivity (Wildman–Crippen MR) is 79.8 cm³/mol. The second-order valence-corrected chi connectivity index (χ2v) is 7.95. The van der Waals surface area contributed by atoms with Gasteiger partial charge in [0.1, 0.15) is 0 Å². The summed E-state index contributed by atoms with van der Waals surface area (Å²) >= 11 is 0. The predicted octanol–water partition coefficient (Wildman–Crippen LogP) is 0.778. The van der Waals surface area contributed by atoms with Gasteiger partial charge in [0, 0.05) is 18.1 Å². The molecule has 1 aliphatic heterocycles. The average molecular weight is 291 g/mol. The van der Waals surface area contributed by atoms with Crippen molar-refractivity contribution in [2.24, 2.45) is 0 Å². The number of nitrogens with zero attached hydrogens (tertiary/aromatic N) is 1. The molecule has 0 aliphatic carbocycles. The summed E-state index contributed by atoms with van der Waals surface area (Å²) in [7, 11) is -3.15. The van der Waals surface area contributed by atoms with Gasteiger partial charge in [-0.05, 0) is 52.7 Å². The van der Waals surface area contributed by atoms with Crippen LogP contribution in [0.3, 0.4) is 0 Å². The zero-order valence-electron chi connectivity index (χ0n) is 12.7. The first-order chi connectivity index (χ1) is 8.72. The number of nitrogens with one attached hydrogen (secondary N) is 2. The summed E-state index contributed by atoms with van der Waals surface area (Å²) in [4.78, 5) is 2.47. The molecule has 1 saturated heterocycles. The van der Waals surface area contributed by atoms with Crippen molar-refractivity contribution in [2.45, 2.75) is 51.6 Å². The number of hydrogen-bond acceptors (Lipinski definition) is 4. The smallest absolute Gasteiger partial charge is 0.209 e. The van der Waals surface area contributed by atoms with E-state index in [-0.39, 0.29) is 0 Å². The highest BCUT2D eigenvalue weighted by Gasteiger charge is 2.24. The Morgan fingerprint density at radius 1 is 1.26 bits per heavy atom. The van der Waals surface area contributed by atoms with Gasteiger partial charge in [-0.15, -0.1) is 0 Å². The molecule has 1 heterocycles. The second kappa shape index (κ2) is 7.02. The third kappa shape index (κ3) is 7.25. The highest BCUT2D eigenvalue weighted by Crippen LogP contribution is 2.12. The SMILES string of the molecule is CCN1CCCC(NCC(C)(C)NS(C)(=O)=O)CC1. The molecule has 1 fully saturated rings. The Hall–Kier alpha value is -0.170. The molecule has 5 nitrogen and oxygen atoms in total. The molecular weight excluding hydrogens is 262 g/mol. The Bertz CT molecular complexity index is 368. The fraction of sp³-hybridized carbons (Fsp3) is 1.00. The first-order valence-electron chi connectivity index (χ1n) is 7.16. The molecule has 6 heteroatoms. The summed E-state index contributed by atoms with van der Waals surface area (Å²) in [5, 5.41) is 3.52. The normalized spacial score (nSPS) is 23.3. The summed E-state index contributed by atoms with van der Waals surface area (Å²) in [6.45, 7) is 10.1. The molecule has 114 valence electrons. The van der Waals surface area contributed by atoms with Crippen molar-refractivity contribution in [1.82, 2.24) is 14.9 Å². The van der Waals surface area contributed by atoms with Gasteiger partial charge in [0.25, 0.3) is 0 Å². The highest BCUT2D eigenvalue weighted by molar-refractivity contribution is 7.88. The quantitative estimate of drug-likeness (QED) is 0.759. The first-order valence-corrected chi connectivity index (χ1v) is 9.06. The van der Waals surface area contributed by atoms with Crippen LogP contribution in [0, 0.1) is 0 Å². The van der Waals surface area contributed by atoms with E-state index in [1.54, 1.807) is 0 Å². The number of likely N-dealkylation sites (tertiary alicyclic amines) is 1. The van der Waals surface area contributed by atoms with E-state index in [0.29, 0.717) is 12.6 Å². The molecular formula is C13H29N3O2S. The van der Waals surface area contributed by atoms with E-state index in [9.17, 15) is 8.42 Å². The molecule has 0 radical (unpaired) electrons. The van der Waals surface area contributed by atoms with Crippen molar-refractivity contribution in [3.05, 3.63) is 0 Å². The van der Waals surface area contributed by atoms with Crippen molar-refractivity contribution >= 4 is 10.0 Å². The third-order valence-corrected chi connectivity index (χ3v) is 4.49. The van der Waals surface area contributed by atoms with Crippen LogP contribution in [0.4, 0.5) is 0 Å². The summed E-state index contributed by atoms with van der Waals surface area (Å²) in [5.74, 6) is 0. The maximum absolute atomic E-state index is 11.3. The van der Waals surface area contributed by atoms with Gasteiger partial charge in [-0.1, -0.05) is 6.92 Å². The monoisotopic (exact) mass is 291 g/mol. The lowest BCUT2D eigenvalue weighted by molar-refractivity contribution is 0.295. The molecule has 2 N–H and O–H groups in total. The maximum atomic E-state index is 11.3. The van der Waals surface area contributed by atoms with Crippen molar-refractivity contribution in [3.8, 4) is 0 Å². The Morgan fingerprint density at radius 3 is 2.53 bits per heavy atom. The Morgan fingerprint density at radius 2 is 1.95 bits per heavy atom. The zero-order chi connectivity index (χ0) is 14.5. The zero-order valence-corrected chi connectivity index (χ0v) is 13.5. The van der Waals surface area contributed by atoms with E-state index >= 15 is 0 Å². The van der Waals surface area contributed by atoms with Crippen LogP contribution in [-0.2, 0) is 10.0 Å². The van der Waals surface area contributed by atoms with E-state index in [0.717, 1.165) is 19.5 Å². The molecule has 1 aliphatic rings. The van der Waals surface area contributed by atoms with Crippen LogP contribution in [0.5, 0.6) is 0 Å². The van der Waals surface area contributed by atoms with Gasteiger partial charge in [0.15, 0.2) is 0 Å². The lowest BCUT2D eigenvalue weighted by atomic mass is 10.0. The van der Waals surface area contributed by atoms with E-state index < -0.39 is 15.6 Å². The van der Waals surface area contributed by atoms with Crippen molar-refractivity contribution in [2.75, 3.05) is 32.4 Å². The van der Waals surface area contributed by atoms with Crippen molar-refractivity contribution in [1.29, 1.82) is 0 Å². The van der Waals surface area contributed by atoms with Crippen LogP contribution in [0.15, 0.2) is 0 Å². The average Bonchev–Trinajstić information content (AvgIpc) is 2.48. The molecule has 0 aromatic carbocycles. The van der Waals surface area contributed by atoms with Crippen molar-refractivity contribution < 1.29 is 8.42 Å². The van der Waals surface area contributed by atoms with Crippen LogP contribution in [0.2, 0.25) is 0 Å². The molecule has 0 aromatic heterocycles. The summed E-state index contributed by atoms with van der Waals surface area (Å²) in [6.07, 6.45) is 4.74. The maximum Gasteiger partial charge on any atom is 0.209 e. The van der Waals surface area contributed by atoms with Crippen LogP contribution in [-0.4, -0.2) is 57.3 Å². The van der Waals surface area contributed by atoms with Gasteiger partial charge >= 0.3 is 0 Å². The molecule has 1 rings (SSSR count). The van der Waals surface area contributed by atoms with Gasteiger partial charge in [-0.25, -0.2) is 13.1 Å². The topological polar surface area (TPSA) is 61.4 Å². The van der Waals surface area contributed by atoms with Gasteiger partial charge < -0.3 is 10.2 Å². The second-order valence-electron chi connectivity index (χ2n) is 6.20. The minimum absolute atomic E-state index is 0.440. The Balaban J connectivity index is 2.39. The number of sulfonamides is 1. The van der Waals surface area contributed by atoms with E-state index in [4.69, 9.17) is 0 Å². The molecule has 0 aromatic rings. The number of hydrogen-bond donors (Lipinski definition) is 2. The van der Waals surface area contributed by atoms with Crippen LogP contribution in [0.25, 0.3) is 0 Å². The molecule has 19 heavy (non-hydrogen) atoms. The summed E-state index contributed by atoms with van der Waals surface area (Å²) in [5.41, 5.74) is -0.440. The van der Waals surface area contributed by atoms with Gasteiger partial charge in [-0.3, -0.25) is 0 Å². The Labute approximate surface area is 118 Å². The van der Waals surface area contributed by atoms with Gasteiger partial charge in [0.2, 0.25) is 10.0 Å². The molecule has 0 saturated carbocycles. The van der Waals surface area contributed by atoms with Gasteiger partial charge in [-0.2, -0.15) is 0 Å². The fourth-order valence-corrected chi connectivity index (χ4v) is 3.69. The molecule has 1 unspecified atom stereocenters. The van der Waals surface area contributed by atoms with E-state index in [1.165, 1.54) is 25.6 Å². The van der Waals surface area contributed by atoms with Crippen molar-refractivity contribution in [3.63, 3.8) is 0 Å². The minimum atomic E-state index is -3.15. The van der Waals surface area contributed by atoms with Crippen LogP contribution < -0.4 is 10.0 Å². The van der Waals surface area contributed by atoms with E-state index in [1.807, 2.05) is 13.8 Å². The Kier molecular flexibility index (Phi) is 6.23. The lowest BCUT2D eigenvalue weighted by Crippen LogP contribution is -2.51. The molecule has 0 amide bonds. The minimum Gasteiger partial charge on any atom is -0.312 e. The first kappa shape index (κ1) is 16.9. The summed E-state index contributed by atoms with van der Waals surface area (Å²) in [6, 6.07) is 0.497. The highest BCUT2D eigenvalue weighted by atomic mass is 32.2. The molecule has 1 atom stereocenters. The van der Waals surface area contributed by atoms with E-state index in [2.05, 4.69) is 21.9 Å². The third-order valence-electron chi connectivity index (χ3n) is 3.56. The molecule has 0 spiro atoms. The molecule has 0 bridgehead atoms. The largest absolute Gasteiger partial charge is 0.312 e. The lowest BCUT2D eigenvalue weighted by Gasteiger charge is -2.28.